The van der Waals surface area contributed by atoms with Gasteiger partial charge >= 0.3 is 0 Å². The Morgan fingerprint density at radius 1 is 0.955 bits per heavy atom. The van der Waals surface area contributed by atoms with Crippen molar-refractivity contribution in [1.82, 2.24) is 0 Å². The summed E-state index contributed by atoms with van der Waals surface area (Å²) in [4.78, 5) is 21.2. The van der Waals surface area contributed by atoms with E-state index in [-0.39, 0.29) is 6.04 Å². The molecule has 0 spiro atoms. The lowest BCUT2D eigenvalue weighted by atomic mass is 10.2. The first-order chi connectivity index (χ1) is 10.7. The lowest BCUT2D eigenvalue weighted by Gasteiger charge is -2.15. The van der Waals surface area contributed by atoms with Crippen molar-refractivity contribution in [3.05, 3.63) is 59.7 Å². The molecule has 0 fully saturated rings. The van der Waals surface area contributed by atoms with Gasteiger partial charge in [0.2, 0.25) is 0 Å². The number of hydrogen-bond donors (Lipinski definition) is 1. The minimum Gasteiger partial charge on any atom is -0.494 e. The maximum Gasteiger partial charge on any atom is 0.150 e. The van der Waals surface area contributed by atoms with Crippen molar-refractivity contribution in [1.29, 1.82) is 0 Å². The minimum atomic E-state index is 0.247. The van der Waals surface area contributed by atoms with E-state index in [1.165, 1.54) is 0 Å². The van der Waals surface area contributed by atoms with Crippen LogP contribution in [0, 0.1) is 0 Å². The molecule has 2 aromatic rings. The van der Waals surface area contributed by atoms with Gasteiger partial charge in [0.25, 0.3) is 0 Å². The number of aldehydes is 2. The number of benzene rings is 2. The third kappa shape index (κ3) is 4.74. The SMILES string of the molecule is CC(CCOc1ccc(C=O)cc1)Nc1ccc(C=O)cc1. The average Bonchev–Trinajstić information content (AvgIpc) is 2.56. The molecule has 0 aromatic heterocycles. The Morgan fingerprint density at radius 2 is 1.50 bits per heavy atom. The van der Waals surface area contributed by atoms with E-state index in [1.54, 1.807) is 36.4 Å². The van der Waals surface area contributed by atoms with Gasteiger partial charge in [-0.25, -0.2) is 0 Å². The molecule has 1 atom stereocenters. The van der Waals surface area contributed by atoms with Gasteiger partial charge in [0.15, 0.2) is 0 Å². The maximum absolute atomic E-state index is 10.6. The number of nitrogens with one attached hydrogen (secondary N) is 1. The highest BCUT2D eigenvalue weighted by atomic mass is 16.5. The van der Waals surface area contributed by atoms with Gasteiger partial charge in [-0.2, -0.15) is 0 Å². The zero-order valence-corrected chi connectivity index (χ0v) is 12.5. The summed E-state index contributed by atoms with van der Waals surface area (Å²) in [6.07, 6.45) is 2.48. The quantitative estimate of drug-likeness (QED) is 0.757. The van der Waals surface area contributed by atoms with Crippen LogP contribution < -0.4 is 10.1 Å². The van der Waals surface area contributed by atoms with E-state index in [9.17, 15) is 9.59 Å². The second-order valence-corrected chi connectivity index (χ2v) is 5.11. The number of carbonyl (C=O) groups is 2. The van der Waals surface area contributed by atoms with Crippen LogP contribution in [0.3, 0.4) is 0 Å². The molecule has 0 bridgehead atoms. The highest BCUT2D eigenvalue weighted by Gasteiger charge is 2.03. The summed E-state index contributed by atoms with van der Waals surface area (Å²) >= 11 is 0. The standard InChI is InChI=1S/C18H19NO3/c1-14(19-17-6-2-15(12-20)3-7-17)10-11-22-18-8-4-16(13-21)5-9-18/h2-9,12-14,19H,10-11H2,1H3. The van der Waals surface area contributed by atoms with Crippen LogP contribution in [0.5, 0.6) is 5.75 Å². The van der Waals surface area contributed by atoms with Crippen LogP contribution in [-0.4, -0.2) is 25.2 Å². The highest BCUT2D eigenvalue weighted by Crippen LogP contribution is 2.13. The molecular formula is C18H19NO3. The van der Waals surface area contributed by atoms with Crippen LogP contribution in [0.4, 0.5) is 5.69 Å². The fourth-order valence-electron chi connectivity index (χ4n) is 2.01. The molecule has 0 aliphatic heterocycles. The fraction of sp³-hybridized carbons (Fsp3) is 0.222. The van der Waals surface area contributed by atoms with Crippen molar-refractivity contribution in [3.63, 3.8) is 0 Å². The molecular weight excluding hydrogens is 278 g/mol. The highest BCUT2D eigenvalue weighted by molar-refractivity contribution is 5.75. The topological polar surface area (TPSA) is 55.4 Å². The first-order valence-electron chi connectivity index (χ1n) is 7.21. The molecule has 2 aromatic carbocycles. The predicted octanol–water partition coefficient (Wildman–Crippen LogP) is 3.58. The Balaban J connectivity index is 1.75. The molecule has 114 valence electrons. The predicted molar refractivity (Wildman–Crippen MR) is 86.9 cm³/mol. The summed E-state index contributed by atoms with van der Waals surface area (Å²) in [5.41, 5.74) is 2.29. The molecule has 4 nitrogen and oxygen atoms in total. The van der Waals surface area contributed by atoms with Gasteiger partial charge in [-0.05, 0) is 55.5 Å². The molecule has 4 heteroatoms. The lowest BCUT2D eigenvalue weighted by molar-refractivity contribution is 0.111. The van der Waals surface area contributed by atoms with E-state index in [0.717, 1.165) is 30.4 Å². The smallest absolute Gasteiger partial charge is 0.150 e. The van der Waals surface area contributed by atoms with Crippen LogP contribution >= 0.6 is 0 Å². The minimum absolute atomic E-state index is 0.247. The molecule has 0 saturated carbocycles. The summed E-state index contributed by atoms with van der Waals surface area (Å²) in [5, 5.41) is 3.36. The number of anilines is 1. The third-order valence-corrected chi connectivity index (χ3v) is 3.30. The largest absolute Gasteiger partial charge is 0.494 e. The van der Waals surface area contributed by atoms with Crippen molar-refractivity contribution >= 4 is 18.3 Å². The Bertz CT molecular complexity index is 605. The van der Waals surface area contributed by atoms with Gasteiger partial charge in [0, 0.05) is 29.3 Å². The van der Waals surface area contributed by atoms with E-state index in [1.807, 2.05) is 12.1 Å². The van der Waals surface area contributed by atoms with Crippen LogP contribution in [-0.2, 0) is 0 Å². The van der Waals surface area contributed by atoms with E-state index < -0.39 is 0 Å². The molecule has 0 heterocycles. The fourth-order valence-corrected chi connectivity index (χ4v) is 2.01. The summed E-state index contributed by atoms with van der Waals surface area (Å²) < 4.78 is 5.65. The van der Waals surface area contributed by atoms with Gasteiger partial charge in [-0.15, -0.1) is 0 Å². The monoisotopic (exact) mass is 297 g/mol. The van der Waals surface area contributed by atoms with E-state index in [2.05, 4.69) is 12.2 Å². The average molecular weight is 297 g/mol. The second kappa shape index (κ2) is 7.98. The van der Waals surface area contributed by atoms with Crippen molar-refractivity contribution in [3.8, 4) is 5.75 Å². The molecule has 0 radical (unpaired) electrons. The van der Waals surface area contributed by atoms with Gasteiger partial charge in [0.1, 0.15) is 18.3 Å². The normalized spacial score (nSPS) is 11.5. The van der Waals surface area contributed by atoms with E-state index in [4.69, 9.17) is 4.74 Å². The molecule has 1 unspecified atom stereocenters. The van der Waals surface area contributed by atoms with Crippen molar-refractivity contribution in [2.45, 2.75) is 19.4 Å². The molecule has 0 aliphatic rings. The van der Waals surface area contributed by atoms with Gasteiger partial charge in [0.05, 0.1) is 6.61 Å². The molecule has 0 saturated heterocycles. The molecule has 1 N–H and O–H groups in total. The lowest BCUT2D eigenvalue weighted by Crippen LogP contribution is -2.18. The Morgan fingerprint density at radius 3 is 2.05 bits per heavy atom. The number of carbonyl (C=O) groups excluding carboxylic acids is 2. The van der Waals surface area contributed by atoms with Gasteiger partial charge in [-0.3, -0.25) is 9.59 Å². The van der Waals surface area contributed by atoms with Crippen LogP contribution in [0.1, 0.15) is 34.1 Å². The van der Waals surface area contributed by atoms with Crippen LogP contribution in [0.25, 0.3) is 0 Å². The number of ether oxygens (including phenoxy) is 1. The van der Waals surface area contributed by atoms with Gasteiger partial charge in [-0.1, -0.05) is 0 Å². The zero-order chi connectivity index (χ0) is 15.8. The zero-order valence-electron chi connectivity index (χ0n) is 12.5. The first-order valence-corrected chi connectivity index (χ1v) is 7.21. The van der Waals surface area contributed by atoms with Crippen LogP contribution in [0.15, 0.2) is 48.5 Å². The maximum atomic E-state index is 10.6. The molecule has 0 amide bonds. The van der Waals surface area contributed by atoms with Crippen molar-refractivity contribution < 1.29 is 14.3 Å². The number of rotatable bonds is 8. The second-order valence-electron chi connectivity index (χ2n) is 5.11. The molecule has 0 aliphatic carbocycles. The number of hydrogen-bond acceptors (Lipinski definition) is 4. The third-order valence-electron chi connectivity index (χ3n) is 3.30. The van der Waals surface area contributed by atoms with E-state index in [0.29, 0.717) is 17.7 Å². The van der Waals surface area contributed by atoms with Crippen molar-refractivity contribution in [2.75, 3.05) is 11.9 Å². The Hall–Kier alpha value is -2.62. The van der Waals surface area contributed by atoms with Crippen molar-refractivity contribution in [2.24, 2.45) is 0 Å². The summed E-state index contributed by atoms with van der Waals surface area (Å²) in [5.74, 6) is 0.758. The van der Waals surface area contributed by atoms with Crippen LogP contribution in [0.2, 0.25) is 0 Å². The first kappa shape index (κ1) is 15.8. The summed E-state index contributed by atoms with van der Waals surface area (Å²) in [6.45, 7) is 2.66. The summed E-state index contributed by atoms with van der Waals surface area (Å²) in [6, 6.07) is 14.6. The van der Waals surface area contributed by atoms with Gasteiger partial charge < -0.3 is 10.1 Å². The Labute approximate surface area is 130 Å². The molecule has 22 heavy (non-hydrogen) atoms. The van der Waals surface area contributed by atoms with E-state index >= 15 is 0 Å². The Kier molecular flexibility index (Phi) is 5.72. The molecule has 2 rings (SSSR count). The summed E-state index contributed by atoms with van der Waals surface area (Å²) in [7, 11) is 0.